The normalized spacial score (nSPS) is 11.8. The van der Waals surface area contributed by atoms with Gasteiger partial charge >= 0.3 is 0 Å². The quantitative estimate of drug-likeness (QED) is 0.310. The first-order valence-corrected chi connectivity index (χ1v) is 13.8. The maximum Gasteiger partial charge on any atom is 0.243 e. The number of carbonyl (C=O) groups excluding carboxylic acids is 2. The van der Waals surface area contributed by atoms with Crippen LogP contribution in [0.4, 0.5) is 0 Å². The molecule has 35 heavy (non-hydrogen) atoms. The number of aryl methyl sites for hydroxylation is 1. The first-order chi connectivity index (χ1) is 16.8. The molecule has 2 amide bonds. The number of amides is 2. The van der Waals surface area contributed by atoms with Gasteiger partial charge in [0, 0.05) is 29.2 Å². The van der Waals surface area contributed by atoms with Crippen molar-refractivity contribution in [3.8, 4) is 0 Å². The molecule has 0 saturated heterocycles. The molecule has 3 aromatic carbocycles. The number of rotatable bonds is 11. The monoisotopic (exact) mass is 552 g/mol. The number of nitrogens with zero attached hydrogens (tertiary/aromatic N) is 1. The molecule has 0 aliphatic carbocycles. The molecule has 0 saturated carbocycles. The minimum atomic E-state index is -0.606. The van der Waals surface area contributed by atoms with Crippen molar-refractivity contribution in [3.63, 3.8) is 0 Å². The van der Waals surface area contributed by atoms with Crippen molar-refractivity contribution in [2.24, 2.45) is 0 Å². The molecule has 1 N–H and O–H groups in total. The zero-order chi connectivity index (χ0) is 25.2. The van der Waals surface area contributed by atoms with E-state index in [1.54, 1.807) is 16.7 Å². The highest BCUT2D eigenvalue weighted by Gasteiger charge is 2.30. The summed E-state index contributed by atoms with van der Waals surface area (Å²) in [5.41, 5.74) is 4.40. The molecule has 0 aromatic heterocycles. The number of carbonyl (C=O) groups is 2. The van der Waals surface area contributed by atoms with Crippen molar-refractivity contribution >= 4 is 39.5 Å². The molecular formula is C29H33BrN2O2S. The Labute approximate surface area is 221 Å². The summed E-state index contributed by atoms with van der Waals surface area (Å²) in [4.78, 5) is 28.7. The fraction of sp³-hybridized carbons (Fsp3) is 0.310. The summed E-state index contributed by atoms with van der Waals surface area (Å²) in [5, 5.41) is 3.03. The number of hydrogen-bond acceptors (Lipinski definition) is 3. The molecular weight excluding hydrogens is 520 g/mol. The predicted molar refractivity (Wildman–Crippen MR) is 149 cm³/mol. The van der Waals surface area contributed by atoms with Crippen molar-refractivity contribution in [3.05, 3.63) is 106 Å². The van der Waals surface area contributed by atoms with Crippen molar-refractivity contribution in [2.45, 2.75) is 51.6 Å². The third kappa shape index (κ3) is 8.86. The van der Waals surface area contributed by atoms with Crippen LogP contribution >= 0.6 is 27.7 Å². The van der Waals surface area contributed by atoms with E-state index in [4.69, 9.17) is 0 Å². The van der Waals surface area contributed by atoms with E-state index in [2.05, 4.69) is 46.4 Å². The van der Waals surface area contributed by atoms with Gasteiger partial charge in [-0.1, -0.05) is 88.2 Å². The second kappa shape index (κ2) is 13.5. The van der Waals surface area contributed by atoms with Crippen LogP contribution in [0.25, 0.3) is 0 Å². The van der Waals surface area contributed by atoms with E-state index in [-0.39, 0.29) is 17.9 Å². The number of halogens is 1. The summed E-state index contributed by atoms with van der Waals surface area (Å²) >= 11 is 5.11. The molecule has 0 bridgehead atoms. The highest BCUT2D eigenvalue weighted by molar-refractivity contribution is 9.10. The standard InChI is InChI=1S/C29H33BrN2O2S/c1-21(2)31-29(34)27(17-23-10-5-4-6-11-23)32(18-24-12-8-14-26(30)16-24)28(33)20-35-19-25-13-7-9-22(3)15-25/h4-16,21,27H,17-20H2,1-3H3,(H,31,34)/t27-/m0/s1. The zero-order valence-corrected chi connectivity index (χ0v) is 22.9. The molecule has 0 heterocycles. The topological polar surface area (TPSA) is 49.4 Å². The molecule has 0 spiro atoms. The lowest BCUT2D eigenvalue weighted by molar-refractivity contribution is -0.139. The van der Waals surface area contributed by atoms with E-state index in [0.29, 0.717) is 18.7 Å². The molecule has 1 atom stereocenters. The van der Waals surface area contributed by atoms with E-state index in [0.717, 1.165) is 21.4 Å². The zero-order valence-electron chi connectivity index (χ0n) is 20.5. The Kier molecular flexibility index (Phi) is 10.4. The Bertz CT molecular complexity index is 1120. The molecule has 3 rings (SSSR count). The number of nitrogens with one attached hydrogen (secondary N) is 1. The fourth-order valence-electron chi connectivity index (χ4n) is 3.91. The van der Waals surface area contributed by atoms with Gasteiger partial charge in [-0.05, 0) is 49.6 Å². The van der Waals surface area contributed by atoms with E-state index >= 15 is 0 Å². The van der Waals surface area contributed by atoms with Crippen LogP contribution in [0, 0.1) is 6.92 Å². The van der Waals surface area contributed by atoms with Crippen molar-refractivity contribution < 1.29 is 9.59 Å². The van der Waals surface area contributed by atoms with Gasteiger partial charge in [-0.15, -0.1) is 11.8 Å². The van der Waals surface area contributed by atoms with Gasteiger partial charge in [-0.25, -0.2) is 0 Å². The van der Waals surface area contributed by atoms with E-state index in [1.165, 1.54) is 11.1 Å². The average Bonchev–Trinajstić information content (AvgIpc) is 2.81. The lowest BCUT2D eigenvalue weighted by atomic mass is 10.0. The highest BCUT2D eigenvalue weighted by atomic mass is 79.9. The second-order valence-electron chi connectivity index (χ2n) is 9.00. The Morgan fingerprint density at radius 3 is 2.29 bits per heavy atom. The predicted octanol–water partition coefficient (Wildman–Crippen LogP) is 6.16. The van der Waals surface area contributed by atoms with Crippen LogP contribution in [-0.4, -0.2) is 34.6 Å². The van der Waals surface area contributed by atoms with E-state index in [1.807, 2.05) is 74.5 Å². The maximum absolute atomic E-state index is 13.6. The fourth-order valence-corrected chi connectivity index (χ4v) is 5.21. The van der Waals surface area contributed by atoms with Crippen LogP contribution in [0.5, 0.6) is 0 Å². The number of hydrogen-bond donors (Lipinski definition) is 1. The lowest BCUT2D eigenvalue weighted by Gasteiger charge is -2.32. The summed E-state index contributed by atoms with van der Waals surface area (Å²) < 4.78 is 0.947. The molecule has 0 aliphatic rings. The minimum absolute atomic E-state index is 0.0145. The summed E-state index contributed by atoms with van der Waals surface area (Å²) in [5.74, 6) is 0.889. The highest BCUT2D eigenvalue weighted by Crippen LogP contribution is 2.20. The van der Waals surface area contributed by atoms with Crippen LogP contribution in [0.3, 0.4) is 0 Å². The minimum Gasteiger partial charge on any atom is -0.352 e. The van der Waals surface area contributed by atoms with Crippen LogP contribution in [0.2, 0.25) is 0 Å². The largest absolute Gasteiger partial charge is 0.352 e. The Morgan fingerprint density at radius 2 is 1.60 bits per heavy atom. The smallest absolute Gasteiger partial charge is 0.243 e. The molecule has 0 unspecified atom stereocenters. The van der Waals surface area contributed by atoms with E-state index in [9.17, 15) is 9.59 Å². The molecule has 4 nitrogen and oxygen atoms in total. The van der Waals surface area contributed by atoms with Gasteiger partial charge in [0.15, 0.2) is 0 Å². The van der Waals surface area contributed by atoms with Crippen molar-refractivity contribution in [2.75, 3.05) is 5.75 Å². The van der Waals surface area contributed by atoms with Gasteiger partial charge in [0.1, 0.15) is 6.04 Å². The molecule has 0 aliphatic heterocycles. The molecule has 0 radical (unpaired) electrons. The number of benzene rings is 3. The van der Waals surface area contributed by atoms with Crippen molar-refractivity contribution in [1.29, 1.82) is 0 Å². The first kappa shape index (κ1) is 27.0. The van der Waals surface area contributed by atoms with Crippen LogP contribution in [0.15, 0.2) is 83.3 Å². The molecule has 6 heteroatoms. The SMILES string of the molecule is Cc1cccc(CSCC(=O)N(Cc2cccc(Br)c2)[C@@H](Cc2ccccc2)C(=O)NC(C)C)c1. The average molecular weight is 554 g/mol. The van der Waals surface area contributed by atoms with Crippen LogP contribution < -0.4 is 5.32 Å². The summed E-state index contributed by atoms with van der Waals surface area (Å²) in [6, 6.07) is 25.5. The van der Waals surface area contributed by atoms with Gasteiger partial charge in [0.25, 0.3) is 0 Å². The van der Waals surface area contributed by atoms with Crippen LogP contribution in [-0.2, 0) is 28.3 Å². The summed E-state index contributed by atoms with van der Waals surface area (Å²) in [6.07, 6.45) is 0.460. The van der Waals surface area contributed by atoms with Gasteiger partial charge in [0.05, 0.1) is 5.75 Å². The molecule has 3 aromatic rings. The first-order valence-electron chi connectivity index (χ1n) is 11.8. The third-order valence-corrected chi connectivity index (χ3v) is 7.00. The molecule has 0 fully saturated rings. The number of thioether (sulfide) groups is 1. The van der Waals surface area contributed by atoms with Gasteiger partial charge < -0.3 is 10.2 Å². The Morgan fingerprint density at radius 1 is 0.914 bits per heavy atom. The summed E-state index contributed by atoms with van der Waals surface area (Å²) in [6.45, 7) is 6.32. The van der Waals surface area contributed by atoms with E-state index < -0.39 is 6.04 Å². The Balaban J connectivity index is 1.84. The van der Waals surface area contributed by atoms with Gasteiger partial charge in [0.2, 0.25) is 11.8 Å². The lowest BCUT2D eigenvalue weighted by Crippen LogP contribution is -2.52. The maximum atomic E-state index is 13.6. The van der Waals surface area contributed by atoms with Gasteiger partial charge in [-0.3, -0.25) is 9.59 Å². The van der Waals surface area contributed by atoms with Gasteiger partial charge in [-0.2, -0.15) is 0 Å². The Hall–Kier alpha value is -2.57. The summed E-state index contributed by atoms with van der Waals surface area (Å²) in [7, 11) is 0. The molecule has 184 valence electrons. The van der Waals surface area contributed by atoms with Crippen LogP contribution in [0.1, 0.15) is 36.1 Å². The second-order valence-corrected chi connectivity index (χ2v) is 10.9. The van der Waals surface area contributed by atoms with Crippen molar-refractivity contribution in [1.82, 2.24) is 10.2 Å². The third-order valence-electron chi connectivity index (χ3n) is 5.52.